The molecule has 1 aliphatic rings. The Labute approximate surface area is 193 Å². The van der Waals surface area contributed by atoms with Gasteiger partial charge in [0.15, 0.2) is 0 Å². The Hall–Kier alpha value is -2.74. The van der Waals surface area contributed by atoms with Crippen LogP contribution in [-0.2, 0) is 0 Å². The molecule has 3 heterocycles. The number of nitrogens with zero attached hydrogens (tertiary/aromatic N) is 3. The molecule has 2 aromatic carbocycles. The molecule has 164 valence electrons. The van der Waals surface area contributed by atoms with E-state index in [9.17, 15) is 9.18 Å². The summed E-state index contributed by atoms with van der Waals surface area (Å²) in [5.41, 5.74) is 2.29. The van der Waals surface area contributed by atoms with Crippen molar-refractivity contribution in [1.29, 1.82) is 0 Å². The molecule has 1 atom stereocenters. The fourth-order valence-corrected chi connectivity index (χ4v) is 5.01. The highest BCUT2D eigenvalue weighted by Crippen LogP contribution is 2.31. The summed E-state index contributed by atoms with van der Waals surface area (Å²) in [6, 6.07) is 16.8. The first-order valence-electron chi connectivity index (χ1n) is 10.4. The molecule has 0 saturated carbocycles. The molecule has 0 amide bonds. The third kappa shape index (κ3) is 4.41. The monoisotopic (exact) mass is 469 g/mol. The second-order valence-electron chi connectivity index (χ2n) is 7.78. The number of hydrogen-bond acceptors (Lipinski definition) is 5. The molecule has 5 nitrogen and oxygen atoms in total. The highest BCUT2D eigenvalue weighted by Gasteiger charge is 2.21. The van der Waals surface area contributed by atoms with E-state index < -0.39 is 6.17 Å². The minimum Gasteiger partial charge on any atom is -0.492 e. The predicted molar refractivity (Wildman–Crippen MR) is 127 cm³/mol. The number of halogens is 2. The summed E-state index contributed by atoms with van der Waals surface area (Å²) in [6.45, 7) is 2.48. The number of hydrogen-bond donors (Lipinski definition) is 0. The molecule has 1 fully saturated rings. The molecule has 2 aromatic heterocycles. The molecule has 4 aromatic rings. The van der Waals surface area contributed by atoms with Crippen molar-refractivity contribution in [1.82, 2.24) is 14.5 Å². The van der Waals surface area contributed by atoms with Crippen LogP contribution in [-0.4, -0.2) is 46.9 Å². The topological polar surface area (TPSA) is 47.4 Å². The summed E-state index contributed by atoms with van der Waals surface area (Å²) >= 11 is 7.40. The number of aromatic nitrogens is 2. The number of ether oxygens (including phenoxy) is 1. The highest BCUT2D eigenvalue weighted by molar-refractivity contribution is 7.22. The van der Waals surface area contributed by atoms with Crippen molar-refractivity contribution >= 4 is 33.2 Å². The molecule has 8 heteroatoms. The lowest BCUT2D eigenvalue weighted by Gasteiger charge is -2.15. The number of fused-ring (bicyclic) bond motifs is 1. The molecule has 0 unspecified atom stereocenters. The van der Waals surface area contributed by atoms with E-state index in [0.29, 0.717) is 47.1 Å². The molecular weight excluding hydrogens is 449 g/mol. The third-order valence-corrected chi connectivity index (χ3v) is 6.99. The van der Waals surface area contributed by atoms with Crippen LogP contribution in [0.5, 0.6) is 5.75 Å². The lowest BCUT2D eigenvalue weighted by molar-refractivity contribution is 0.224. The first kappa shape index (κ1) is 21.1. The van der Waals surface area contributed by atoms with Crippen LogP contribution in [0.15, 0.2) is 65.7 Å². The van der Waals surface area contributed by atoms with Gasteiger partial charge in [-0.1, -0.05) is 23.7 Å². The lowest BCUT2D eigenvalue weighted by Crippen LogP contribution is -2.26. The third-order valence-electron chi connectivity index (χ3n) is 5.57. The van der Waals surface area contributed by atoms with Crippen molar-refractivity contribution in [3.63, 3.8) is 0 Å². The van der Waals surface area contributed by atoms with Crippen molar-refractivity contribution in [3.8, 4) is 21.9 Å². The molecule has 0 N–H and O–H groups in total. The predicted octanol–water partition coefficient (Wildman–Crippen LogP) is 5.19. The van der Waals surface area contributed by atoms with Crippen molar-refractivity contribution in [2.24, 2.45) is 0 Å². The molecular formula is C24H21ClFN3O2S. The van der Waals surface area contributed by atoms with Crippen molar-refractivity contribution in [3.05, 3.63) is 76.3 Å². The van der Waals surface area contributed by atoms with Crippen LogP contribution < -0.4 is 10.3 Å². The average Bonchev–Trinajstić information content (AvgIpc) is 3.42. The Morgan fingerprint density at radius 2 is 1.94 bits per heavy atom. The van der Waals surface area contributed by atoms with E-state index in [2.05, 4.69) is 9.88 Å². The van der Waals surface area contributed by atoms with Crippen LogP contribution in [0.3, 0.4) is 0 Å². The van der Waals surface area contributed by atoms with E-state index in [0.717, 1.165) is 22.7 Å². The second kappa shape index (κ2) is 9.02. The lowest BCUT2D eigenvalue weighted by atomic mass is 10.2. The molecule has 1 aliphatic heterocycles. The van der Waals surface area contributed by atoms with Gasteiger partial charge in [0.1, 0.15) is 29.6 Å². The first-order valence-corrected chi connectivity index (χ1v) is 11.6. The smallest absolute Gasteiger partial charge is 0.275 e. The fourth-order valence-electron chi connectivity index (χ4n) is 3.84. The van der Waals surface area contributed by atoms with Crippen molar-refractivity contribution < 1.29 is 9.13 Å². The van der Waals surface area contributed by atoms with Crippen molar-refractivity contribution in [2.45, 2.75) is 12.6 Å². The van der Waals surface area contributed by atoms with Crippen LogP contribution in [0.1, 0.15) is 6.42 Å². The van der Waals surface area contributed by atoms with Gasteiger partial charge >= 0.3 is 0 Å². The first-order chi connectivity index (χ1) is 15.6. The van der Waals surface area contributed by atoms with Gasteiger partial charge in [0.25, 0.3) is 5.56 Å². The van der Waals surface area contributed by atoms with Gasteiger partial charge in [-0.3, -0.25) is 14.3 Å². The number of thiophene rings is 1. The number of alkyl halides is 1. The standard InChI is InChI=1S/C24H21ClFN3O2S/c25-17-3-1-16(2-4-17)22-13-21-23(32-22)24(30)29(15-27-21)19-5-7-20(8-6-19)31-12-11-28-10-9-18(26)14-28/h1-8,13,15,18H,9-12,14H2/t18-/m1/s1. The molecule has 0 bridgehead atoms. The zero-order valence-corrected chi connectivity index (χ0v) is 18.8. The molecule has 0 aliphatic carbocycles. The summed E-state index contributed by atoms with van der Waals surface area (Å²) in [5, 5.41) is 0.673. The van der Waals surface area contributed by atoms with E-state index in [4.69, 9.17) is 16.3 Å². The van der Waals surface area contributed by atoms with Gasteiger partial charge in [-0.2, -0.15) is 0 Å². The van der Waals surface area contributed by atoms with E-state index in [-0.39, 0.29) is 5.56 Å². The minimum absolute atomic E-state index is 0.108. The van der Waals surface area contributed by atoms with E-state index in [1.165, 1.54) is 11.3 Å². The number of rotatable bonds is 6. The summed E-state index contributed by atoms with van der Waals surface area (Å²) in [6.07, 6.45) is 1.44. The van der Waals surface area contributed by atoms with Crippen LogP contribution in [0.25, 0.3) is 26.3 Å². The SMILES string of the molecule is O=c1c2sc(-c3ccc(Cl)cc3)cc2ncn1-c1ccc(OCCN2CC[C@@H](F)C2)cc1. The molecule has 1 saturated heterocycles. The quantitative estimate of drug-likeness (QED) is 0.390. The summed E-state index contributed by atoms with van der Waals surface area (Å²) in [4.78, 5) is 20.6. The van der Waals surface area contributed by atoms with Crippen molar-refractivity contribution in [2.75, 3.05) is 26.2 Å². The summed E-state index contributed by atoms with van der Waals surface area (Å²) in [5.74, 6) is 0.716. The zero-order valence-electron chi connectivity index (χ0n) is 17.2. The maximum atomic E-state index is 13.2. The van der Waals surface area contributed by atoms with Gasteiger partial charge in [-0.05, 0) is 54.4 Å². The maximum Gasteiger partial charge on any atom is 0.275 e. The summed E-state index contributed by atoms with van der Waals surface area (Å²) in [7, 11) is 0. The van der Waals surface area contributed by atoms with Gasteiger partial charge in [0.05, 0.1) is 11.2 Å². The molecule has 0 spiro atoms. The zero-order chi connectivity index (χ0) is 22.1. The normalized spacial score (nSPS) is 16.6. The number of likely N-dealkylation sites (tertiary alicyclic amines) is 1. The Bertz CT molecular complexity index is 1290. The molecule has 32 heavy (non-hydrogen) atoms. The minimum atomic E-state index is -0.718. The average molecular weight is 470 g/mol. The van der Waals surface area contributed by atoms with E-state index in [1.54, 1.807) is 10.9 Å². The Morgan fingerprint density at radius 1 is 1.16 bits per heavy atom. The highest BCUT2D eigenvalue weighted by atomic mass is 35.5. The van der Waals surface area contributed by atoms with Crippen LogP contribution in [0.4, 0.5) is 4.39 Å². The van der Waals surface area contributed by atoms with Gasteiger partial charge in [0, 0.05) is 29.5 Å². The van der Waals surface area contributed by atoms with Crippen LogP contribution >= 0.6 is 22.9 Å². The summed E-state index contributed by atoms with van der Waals surface area (Å²) < 4.78 is 21.2. The Balaban J connectivity index is 1.32. The second-order valence-corrected chi connectivity index (χ2v) is 9.27. The fraction of sp³-hybridized carbons (Fsp3) is 0.250. The van der Waals surface area contributed by atoms with E-state index >= 15 is 0 Å². The largest absolute Gasteiger partial charge is 0.492 e. The maximum absolute atomic E-state index is 13.2. The van der Waals surface area contributed by atoms with Gasteiger partial charge < -0.3 is 4.74 Å². The Kier molecular flexibility index (Phi) is 5.95. The van der Waals surface area contributed by atoms with Gasteiger partial charge in [-0.25, -0.2) is 9.37 Å². The molecule has 5 rings (SSSR count). The van der Waals surface area contributed by atoms with Crippen LogP contribution in [0, 0.1) is 0 Å². The van der Waals surface area contributed by atoms with Crippen LogP contribution in [0.2, 0.25) is 5.02 Å². The Morgan fingerprint density at radius 3 is 2.66 bits per heavy atom. The van der Waals surface area contributed by atoms with E-state index in [1.807, 2.05) is 54.6 Å². The van der Waals surface area contributed by atoms with Gasteiger partial charge in [-0.15, -0.1) is 11.3 Å². The van der Waals surface area contributed by atoms with Gasteiger partial charge in [0.2, 0.25) is 0 Å². The number of benzene rings is 2. The molecule has 0 radical (unpaired) electrons.